The van der Waals surface area contributed by atoms with Crippen LogP contribution in [0.2, 0.25) is 0 Å². The van der Waals surface area contributed by atoms with E-state index in [2.05, 4.69) is 203 Å². The summed E-state index contributed by atoms with van der Waals surface area (Å²) in [6.45, 7) is 0. The fraction of sp³-hybridized carbons (Fsp3) is 0.119. The van der Waals surface area contributed by atoms with Crippen LogP contribution in [-0.4, -0.2) is 26.5 Å². The van der Waals surface area contributed by atoms with E-state index in [0.717, 1.165) is 53.9 Å². The maximum atomic E-state index is 5.08. The molecule has 316 valence electrons. The fourth-order valence-corrected chi connectivity index (χ4v) is 10.5. The van der Waals surface area contributed by atoms with Crippen LogP contribution in [0.3, 0.4) is 0 Å². The van der Waals surface area contributed by atoms with Gasteiger partial charge in [-0.15, -0.1) is 11.3 Å². The minimum Gasteiger partial charge on any atom is -0.366 e. The van der Waals surface area contributed by atoms with Gasteiger partial charge in [0.15, 0.2) is 0 Å². The van der Waals surface area contributed by atoms with Crippen molar-refractivity contribution in [2.24, 2.45) is 7.05 Å². The van der Waals surface area contributed by atoms with E-state index in [4.69, 9.17) is 4.98 Å². The average Bonchev–Trinajstić information content (AvgIpc) is 4.10. The Kier molecular flexibility index (Phi) is 10.9. The first-order valence-electron chi connectivity index (χ1n) is 22.5. The number of aryl methyl sites for hydroxylation is 5. The zero-order valence-electron chi connectivity index (χ0n) is 36.7. The Morgan fingerprint density at radius 1 is 0.508 bits per heavy atom. The molecule has 0 saturated heterocycles. The molecule has 0 fully saturated rings. The summed E-state index contributed by atoms with van der Waals surface area (Å²) in [6, 6.07) is 62.7. The van der Waals surface area contributed by atoms with Crippen LogP contribution < -0.4 is 5.32 Å². The summed E-state index contributed by atoms with van der Waals surface area (Å²) in [5.74, 6) is 0.984. The second-order valence-electron chi connectivity index (χ2n) is 17.3. The average molecular weight is 860 g/mol. The molecular formula is C59H49N5S. The minimum atomic E-state index is 0.186. The molecule has 0 bridgehead atoms. The van der Waals surface area contributed by atoms with E-state index < -0.39 is 0 Å². The molecule has 7 aromatic carbocycles. The summed E-state index contributed by atoms with van der Waals surface area (Å²) >= 11 is 1.86. The molecule has 0 amide bonds. The van der Waals surface area contributed by atoms with E-state index in [1.165, 1.54) is 75.8 Å². The van der Waals surface area contributed by atoms with Crippen LogP contribution in [-0.2, 0) is 32.7 Å². The van der Waals surface area contributed by atoms with Crippen molar-refractivity contribution in [3.8, 4) is 56.0 Å². The topological polar surface area (TPSA) is 46.0 Å². The Bertz CT molecular complexity index is 3320. The molecule has 0 spiro atoms. The van der Waals surface area contributed by atoms with E-state index in [9.17, 15) is 0 Å². The zero-order valence-corrected chi connectivity index (χ0v) is 37.5. The third-order valence-corrected chi connectivity index (χ3v) is 14.1. The van der Waals surface area contributed by atoms with Crippen molar-refractivity contribution in [3.05, 3.63) is 229 Å². The number of nitrogens with one attached hydrogen (secondary N) is 1. The number of pyridine rings is 1. The van der Waals surface area contributed by atoms with Gasteiger partial charge in [-0.05, 0) is 106 Å². The van der Waals surface area contributed by atoms with Crippen molar-refractivity contribution in [2.75, 3.05) is 7.05 Å². The van der Waals surface area contributed by atoms with Gasteiger partial charge in [0.2, 0.25) is 0 Å². The first-order chi connectivity index (χ1) is 32.0. The van der Waals surface area contributed by atoms with Gasteiger partial charge in [-0.25, -0.2) is 4.98 Å². The summed E-state index contributed by atoms with van der Waals surface area (Å²) in [5, 5.41) is 6.09. The molecule has 3 aromatic heterocycles. The van der Waals surface area contributed by atoms with E-state index in [0.29, 0.717) is 0 Å². The molecule has 6 heteroatoms. The highest BCUT2D eigenvalue weighted by Crippen LogP contribution is 2.38. The van der Waals surface area contributed by atoms with Gasteiger partial charge >= 0.3 is 0 Å². The van der Waals surface area contributed by atoms with Crippen LogP contribution in [0.25, 0.3) is 76.2 Å². The standard InChI is InChI=1S/C59H49N5S/c1-63-32-30-60-58(63)44-22-18-40(19-23-44)14-16-42-34-43(17-15-41-20-24-45(25-21-41)59-61-31-33-64(59)2)36-50(35-42)52-11-4-3-10-51(52)49-27-29-55(62-39-49)48-9-7-8-46(37-48)47-26-28-54-53-12-5-6-13-56(53)65-57(54)38-47/h3-13,18-39,58,60H,14-17H2,1-2H3. The number of nitrogens with zero attached hydrogens (tertiary/aromatic N) is 4. The first kappa shape index (κ1) is 40.2. The molecule has 11 rings (SSSR count). The van der Waals surface area contributed by atoms with Crippen LogP contribution in [0, 0.1) is 0 Å². The number of fused-ring (bicyclic) bond motifs is 3. The highest BCUT2D eigenvalue weighted by atomic mass is 32.1. The second-order valence-corrected chi connectivity index (χ2v) is 18.3. The number of hydrogen-bond donors (Lipinski definition) is 1. The third-order valence-electron chi connectivity index (χ3n) is 12.9. The lowest BCUT2D eigenvalue weighted by molar-refractivity contribution is 0.340. The van der Waals surface area contributed by atoms with E-state index in [-0.39, 0.29) is 6.17 Å². The SMILES string of the molecule is CN1C=CNC1c1ccc(CCc2cc(CCc3ccc(-c4nccn4C)cc3)cc(-c3ccccc3-c3ccc(-c4cccc(-c5ccc6c(c5)sc5ccccc56)c4)nc3)c2)cc1. The number of hydrogen-bond acceptors (Lipinski definition) is 5. The number of benzene rings is 7. The molecule has 65 heavy (non-hydrogen) atoms. The minimum absolute atomic E-state index is 0.186. The molecule has 1 aliphatic rings. The van der Waals surface area contributed by atoms with Crippen LogP contribution in [0.1, 0.15) is 34.0 Å². The molecule has 1 atom stereocenters. The van der Waals surface area contributed by atoms with Crippen molar-refractivity contribution >= 4 is 31.5 Å². The Morgan fingerprint density at radius 3 is 1.86 bits per heavy atom. The highest BCUT2D eigenvalue weighted by Gasteiger charge is 2.17. The Labute approximate surface area is 385 Å². The fourth-order valence-electron chi connectivity index (χ4n) is 9.38. The lowest BCUT2D eigenvalue weighted by Crippen LogP contribution is -2.23. The summed E-state index contributed by atoms with van der Waals surface area (Å²) in [7, 11) is 4.15. The van der Waals surface area contributed by atoms with E-state index >= 15 is 0 Å². The molecule has 0 saturated carbocycles. The van der Waals surface area contributed by atoms with Gasteiger partial charge in [-0.2, -0.15) is 0 Å². The molecule has 10 aromatic rings. The molecule has 1 aliphatic heterocycles. The maximum absolute atomic E-state index is 5.08. The summed E-state index contributed by atoms with van der Waals surface area (Å²) in [6.07, 6.45) is 14.0. The monoisotopic (exact) mass is 859 g/mol. The van der Waals surface area contributed by atoms with Gasteiger partial charge in [0.05, 0.1) is 5.69 Å². The Morgan fingerprint density at radius 2 is 1.15 bits per heavy atom. The largest absolute Gasteiger partial charge is 0.366 e. The molecular weight excluding hydrogens is 811 g/mol. The predicted molar refractivity (Wildman–Crippen MR) is 272 cm³/mol. The van der Waals surface area contributed by atoms with Gasteiger partial charge in [-0.1, -0.05) is 146 Å². The van der Waals surface area contributed by atoms with Gasteiger partial charge in [-0.3, -0.25) is 4.98 Å². The van der Waals surface area contributed by atoms with Crippen LogP contribution >= 0.6 is 11.3 Å². The molecule has 5 nitrogen and oxygen atoms in total. The molecule has 0 aliphatic carbocycles. The zero-order chi connectivity index (χ0) is 43.7. The normalized spacial score (nSPS) is 13.5. The molecule has 0 radical (unpaired) electrons. The van der Waals surface area contributed by atoms with Crippen LogP contribution in [0.15, 0.2) is 201 Å². The summed E-state index contributed by atoms with van der Waals surface area (Å²) in [4.78, 5) is 11.8. The van der Waals surface area contributed by atoms with Crippen molar-refractivity contribution in [1.82, 2.24) is 24.8 Å². The number of imidazole rings is 1. The van der Waals surface area contributed by atoms with Gasteiger partial charge in [0, 0.05) is 81.9 Å². The maximum Gasteiger partial charge on any atom is 0.139 e. The number of aromatic nitrogens is 3. The predicted octanol–water partition coefficient (Wildman–Crippen LogP) is 14.1. The van der Waals surface area contributed by atoms with Gasteiger partial charge in [0.25, 0.3) is 0 Å². The lowest BCUT2D eigenvalue weighted by atomic mass is 9.90. The first-order valence-corrected chi connectivity index (χ1v) is 23.3. The van der Waals surface area contributed by atoms with Gasteiger partial charge in [0.1, 0.15) is 12.0 Å². The van der Waals surface area contributed by atoms with E-state index in [1.54, 1.807) is 0 Å². The number of thiophene rings is 1. The second kappa shape index (κ2) is 17.6. The van der Waals surface area contributed by atoms with Crippen molar-refractivity contribution in [3.63, 3.8) is 0 Å². The quantitative estimate of drug-likeness (QED) is 0.133. The molecule has 1 unspecified atom stereocenters. The van der Waals surface area contributed by atoms with E-state index in [1.807, 2.05) is 43.2 Å². The molecule has 1 N–H and O–H groups in total. The Balaban J connectivity index is 0.866. The Hall–Kier alpha value is -7.54. The lowest BCUT2D eigenvalue weighted by Gasteiger charge is -2.21. The summed E-state index contributed by atoms with van der Waals surface area (Å²) < 4.78 is 4.70. The van der Waals surface area contributed by atoms with Gasteiger partial charge < -0.3 is 14.8 Å². The van der Waals surface area contributed by atoms with Crippen molar-refractivity contribution in [2.45, 2.75) is 31.8 Å². The van der Waals surface area contributed by atoms with Crippen molar-refractivity contribution in [1.29, 1.82) is 0 Å². The third kappa shape index (κ3) is 8.37. The highest BCUT2D eigenvalue weighted by molar-refractivity contribution is 7.25. The van der Waals surface area contributed by atoms with Crippen LogP contribution in [0.5, 0.6) is 0 Å². The van der Waals surface area contributed by atoms with Crippen molar-refractivity contribution < 1.29 is 0 Å². The molecule has 4 heterocycles. The number of rotatable bonds is 12. The smallest absolute Gasteiger partial charge is 0.139 e. The summed E-state index contributed by atoms with van der Waals surface area (Å²) in [5.41, 5.74) is 17.0. The van der Waals surface area contributed by atoms with Crippen LogP contribution in [0.4, 0.5) is 0 Å².